The molecule has 0 saturated heterocycles. The average molecular weight is 215 g/mol. The molecule has 0 unspecified atom stereocenters. The normalized spacial score (nSPS) is 9.33. The summed E-state index contributed by atoms with van der Waals surface area (Å²) in [5.41, 5.74) is 0. The van der Waals surface area contributed by atoms with E-state index in [1.165, 1.54) is 0 Å². The van der Waals surface area contributed by atoms with Gasteiger partial charge in [0.05, 0.1) is 6.20 Å². The van der Waals surface area contributed by atoms with Crippen molar-refractivity contribution in [1.29, 1.82) is 0 Å². The van der Waals surface area contributed by atoms with E-state index in [1.54, 1.807) is 0 Å². The van der Waals surface area contributed by atoms with Gasteiger partial charge in [0, 0.05) is 6.07 Å². The summed E-state index contributed by atoms with van der Waals surface area (Å²) >= 11 is 0. The molecular formula is C7H5NO7. The van der Waals surface area contributed by atoms with Crippen LogP contribution in [0.4, 0.5) is 9.59 Å². The molecule has 0 amide bonds. The highest BCUT2D eigenvalue weighted by atomic mass is 16.7. The number of pyridine rings is 1. The lowest BCUT2D eigenvalue weighted by atomic mass is 10.4. The molecule has 1 aromatic heterocycles. The van der Waals surface area contributed by atoms with Crippen molar-refractivity contribution >= 4 is 12.3 Å². The van der Waals surface area contributed by atoms with Crippen molar-refractivity contribution in [3.05, 3.63) is 12.3 Å². The van der Waals surface area contributed by atoms with Crippen LogP contribution in [0.5, 0.6) is 17.4 Å². The van der Waals surface area contributed by atoms with Gasteiger partial charge in [-0.15, -0.1) is 0 Å². The minimum atomic E-state index is -1.65. The number of ether oxygens (including phenoxy) is 2. The van der Waals surface area contributed by atoms with E-state index in [0.29, 0.717) is 0 Å². The van der Waals surface area contributed by atoms with Gasteiger partial charge < -0.3 is 24.8 Å². The number of aromatic hydroxyl groups is 1. The smallest absolute Gasteiger partial charge is 0.503 e. The first-order valence-electron chi connectivity index (χ1n) is 3.49. The van der Waals surface area contributed by atoms with Gasteiger partial charge in [0.15, 0.2) is 11.5 Å². The van der Waals surface area contributed by atoms with Gasteiger partial charge in [-0.25, -0.2) is 14.6 Å². The Hall–Kier alpha value is -2.51. The van der Waals surface area contributed by atoms with Gasteiger partial charge in [-0.2, -0.15) is 0 Å². The highest BCUT2D eigenvalue weighted by molar-refractivity contribution is 5.64. The summed E-state index contributed by atoms with van der Waals surface area (Å²) in [7, 11) is 0. The van der Waals surface area contributed by atoms with E-state index in [0.717, 1.165) is 12.3 Å². The van der Waals surface area contributed by atoms with E-state index in [9.17, 15) is 9.59 Å². The van der Waals surface area contributed by atoms with Crippen molar-refractivity contribution in [2.75, 3.05) is 0 Å². The van der Waals surface area contributed by atoms with Crippen LogP contribution in [0.15, 0.2) is 12.3 Å². The molecule has 1 heterocycles. The number of nitrogens with zero attached hydrogens (tertiary/aromatic N) is 1. The zero-order valence-corrected chi connectivity index (χ0v) is 7.08. The second-order valence-corrected chi connectivity index (χ2v) is 2.23. The molecule has 1 rings (SSSR count). The van der Waals surface area contributed by atoms with Crippen molar-refractivity contribution in [3.63, 3.8) is 0 Å². The Balaban J connectivity index is 2.94. The highest BCUT2D eigenvalue weighted by Gasteiger charge is 2.11. The maximum atomic E-state index is 10.1. The molecule has 8 nitrogen and oxygen atoms in total. The first-order chi connectivity index (χ1) is 6.99. The molecule has 3 N–H and O–H groups in total. The minimum absolute atomic E-state index is 0.406. The Morgan fingerprint density at radius 3 is 2.33 bits per heavy atom. The molecule has 0 radical (unpaired) electrons. The molecule has 0 aliphatic rings. The summed E-state index contributed by atoms with van der Waals surface area (Å²) in [6.45, 7) is 0. The van der Waals surface area contributed by atoms with Crippen molar-refractivity contribution in [2.24, 2.45) is 0 Å². The Kier molecular flexibility index (Phi) is 2.91. The van der Waals surface area contributed by atoms with E-state index < -0.39 is 29.7 Å². The Morgan fingerprint density at radius 1 is 1.20 bits per heavy atom. The monoisotopic (exact) mass is 215 g/mol. The van der Waals surface area contributed by atoms with Crippen LogP contribution in [0.2, 0.25) is 0 Å². The first-order valence-corrected chi connectivity index (χ1v) is 3.49. The molecule has 1 aromatic rings. The van der Waals surface area contributed by atoms with E-state index in [-0.39, 0.29) is 0 Å². The van der Waals surface area contributed by atoms with E-state index in [4.69, 9.17) is 15.3 Å². The molecular weight excluding hydrogens is 210 g/mol. The molecule has 0 aliphatic carbocycles. The van der Waals surface area contributed by atoms with Crippen molar-refractivity contribution in [2.45, 2.75) is 0 Å². The summed E-state index contributed by atoms with van der Waals surface area (Å²) in [6.07, 6.45) is -2.47. The average Bonchev–Trinajstić information content (AvgIpc) is 2.09. The second kappa shape index (κ2) is 4.13. The Morgan fingerprint density at radius 2 is 1.80 bits per heavy atom. The Labute approximate surface area is 82.3 Å². The minimum Gasteiger partial charge on any atom is -0.503 e. The fraction of sp³-hybridized carbons (Fsp3) is 0. The summed E-state index contributed by atoms with van der Waals surface area (Å²) in [4.78, 5) is 23.6. The molecule has 0 bridgehead atoms. The van der Waals surface area contributed by atoms with Crippen LogP contribution in [0.3, 0.4) is 0 Å². The van der Waals surface area contributed by atoms with E-state index in [1.807, 2.05) is 0 Å². The molecule has 0 aliphatic heterocycles. The van der Waals surface area contributed by atoms with Crippen LogP contribution < -0.4 is 9.47 Å². The molecule has 0 saturated carbocycles. The number of aromatic nitrogens is 1. The van der Waals surface area contributed by atoms with Crippen LogP contribution in [0.25, 0.3) is 0 Å². The van der Waals surface area contributed by atoms with Gasteiger partial charge in [0.25, 0.3) is 0 Å². The maximum absolute atomic E-state index is 10.1. The number of rotatable bonds is 2. The summed E-state index contributed by atoms with van der Waals surface area (Å²) in [5, 5.41) is 25.5. The zero-order valence-electron chi connectivity index (χ0n) is 7.08. The summed E-state index contributed by atoms with van der Waals surface area (Å²) in [6, 6.07) is 0.831. The number of hydrogen-bond donors (Lipinski definition) is 3. The van der Waals surface area contributed by atoms with Crippen molar-refractivity contribution in [1.82, 2.24) is 4.98 Å². The van der Waals surface area contributed by atoms with Crippen LogP contribution in [0.1, 0.15) is 0 Å². The van der Waals surface area contributed by atoms with Gasteiger partial charge in [-0.3, -0.25) is 0 Å². The second-order valence-electron chi connectivity index (χ2n) is 2.23. The summed E-state index contributed by atoms with van der Waals surface area (Å²) < 4.78 is 8.23. The lowest BCUT2D eigenvalue weighted by Crippen LogP contribution is -2.06. The fourth-order valence-corrected chi connectivity index (χ4v) is 0.733. The Bertz CT molecular complexity index is 402. The first kappa shape index (κ1) is 10.6. The molecule has 0 atom stereocenters. The molecule has 15 heavy (non-hydrogen) atoms. The third-order valence-corrected chi connectivity index (χ3v) is 1.21. The molecule has 0 spiro atoms. The molecule has 80 valence electrons. The van der Waals surface area contributed by atoms with Crippen LogP contribution in [-0.4, -0.2) is 32.6 Å². The third kappa shape index (κ3) is 3.03. The fourth-order valence-electron chi connectivity index (χ4n) is 0.733. The topological polar surface area (TPSA) is 126 Å². The SMILES string of the molecule is O=C(O)Oc1cc(OC(=O)O)c(O)cn1. The predicted octanol–water partition coefficient (Wildman–Crippen LogP) is 0.901. The zero-order chi connectivity index (χ0) is 11.4. The van der Waals surface area contributed by atoms with E-state index >= 15 is 0 Å². The number of carboxylic acid groups (broad SMARTS) is 2. The molecule has 8 heteroatoms. The van der Waals surface area contributed by atoms with Gasteiger partial charge in [-0.05, 0) is 0 Å². The molecule has 0 fully saturated rings. The predicted molar refractivity (Wildman–Crippen MR) is 43.2 cm³/mol. The molecule has 0 aromatic carbocycles. The highest BCUT2D eigenvalue weighted by Crippen LogP contribution is 2.28. The van der Waals surface area contributed by atoms with Gasteiger partial charge in [-0.1, -0.05) is 0 Å². The van der Waals surface area contributed by atoms with Gasteiger partial charge >= 0.3 is 12.3 Å². The lowest BCUT2D eigenvalue weighted by Gasteiger charge is -2.03. The largest absolute Gasteiger partial charge is 0.512 e. The third-order valence-electron chi connectivity index (χ3n) is 1.21. The van der Waals surface area contributed by atoms with Crippen LogP contribution >= 0.6 is 0 Å². The van der Waals surface area contributed by atoms with Gasteiger partial charge in [0.2, 0.25) is 5.88 Å². The summed E-state index contributed by atoms with van der Waals surface area (Å²) in [5.74, 6) is -1.42. The van der Waals surface area contributed by atoms with Crippen molar-refractivity contribution < 1.29 is 34.4 Å². The number of carbonyl (C=O) groups is 2. The van der Waals surface area contributed by atoms with E-state index in [2.05, 4.69) is 14.5 Å². The lowest BCUT2D eigenvalue weighted by molar-refractivity contribution is 0.140. The van der Waals surface area contributed by atoms with Gasteiger partial charge in [0.1, 0.15) is 0 Å². The standard InChI is InChI=1S/C7H5NO7/c9-3-2-8-5(15-7(12)13)1-4(3)14-6(10)11/h1-2,9H,(H,10,11)(H,12,13). The van der Waals surface area contributed by atoms with Crippen LogP contribution in [-0.2, 0) is 0 Å². The quantitative estimate of drug-likeness (QED) is 0.621. The maximum Gasteiger partial charge on any atom is 0.512 e. The van der Waals surface area contributed by atoms with Crippen molar-refractivity contribution in [3.8, 4) is 17.4 Å². The number of hydrogen-bond acceptors (Lipinski definition) is 6. The van der Waals surface area contributed by atoms with Crippen LogP contribution in [0, 0.1) is 0 Å².